The molecule has 1 aromatic rings. The number of carbonyl (C=O) groups is 1. The smallest absolute Gasteiger partial charge is 0.228 e. The van der Waals surface area contributed by atoms with E-state index in [-0.39, 0.29) is 11.3 Å². The van der Waals surface area contributed by atoms with E-state index >= 15 is 0 Å². The number of rotatable bonds is 6. The number of hydrogen-bond acceptors (Lipinski definition) is 3. The van der Waals surface area contributed by atoms with Crippen molar-refractivity contribution in [2.24, 2.45) is 5.41 Å². The van der Waals surface area contributed by atoms with Gasteiger partial charge >= 0.3 is 0 Å². The van der Waals surface area contributed by atoms with Gasteiger partial charge in [0.05, 0.1) is 18.3 Å². The molecule has 0 saturated heterocycles. The van der Waals surface area contributed by atoms with Gasteiger partial charge in [-0.2, -0.15) is 0 Å². The number of ether oxygens (including phenoxy) is 1. The highest BCUT2D eigenvalue weighted by molar-refractivity contribution is 5.83. The minimum atomic E-state index is -0.260. The number of carbonyl (C=O) groups excluding carboxylic acids is 1. The molecular weight excluding hydrogens is 218 g/mol. The summed E-state index contributed by atoms with van der Waals surface area (Å²) in [6.07, 6.45) is 8.38. The second kappa shape index (κ2) is 5.31. The number of hydrogen-bond donors (Lipinski definition) is 1. The van der Waals surface area contributed by atoms with Gasteiger partial charge in [-0.05, 0) is 12.8 Å². The SMILES string of the molecule is COCC1(C(=O)NCCn2ccnc2)CCC1. The molecule has 1 aliphatic rings. The maximum absolute atomic E-state index is 12.0. The van der Waals surface area contributed by atoms with Crippen LogP contribution < -0.4 is 5.32 Å². The van der Waals surface area contributed by atoms with E-state index in [1.807, 2.05) is 10.8 Å². The Labute approximate surface area is 101 Å². The first-order valence-corrected chi connectivity index (χ1v) is 6.00. The Morgan fingerprint density at radius 2 is 2.41 bits per heavy atom. The van der Waals surface area contributed by atoms with Crippen molar-refractivity contribution in [3.63, 3.8) is 0 Å². The van der Waals surface area contributed by atoms with Crippen molar-refractivity contribution in [3.8, 4) is 0 Å². The van der Waals surface area contributed by atoms with E-state index in [0.717, 1.165) is 25.8 Å². The topological polar surface area (TPSA) is 56.1 Å². The van der Waals surface area contributed by atoms with Crippen molar-refractivity contribution in [1.29, 1.82) is 0 Å². The van der Waals surface area contributed by atoms with Crippen molar-refractivity contribution in [2.75, 3.05) is 20.3 Å². The third-order valence-corrected chi connectivity index (χ3v) is 3.43. The molecule has 1 N–H and O–H groups in total. The highest BCUT2D eigenvalue weighted by atomic mass is 16.5. The van der Waals surface area contributed by atoms with E-state index in [1.54, 1.807) is 19.6 Å². The molecule has 1 fully saturated rings. The summed E-state index contributed by atoms with van der Waals surface area (Å²) in [5.74, 6) is 0.130. The molecule has 1 saturated carbocycles. The second-order valence-corrected chi connectivity index (χ2v) is 4.62. The highest BCUT2D eigenvalue weighted by Gasteiger charge is 2.43. The maximum Gasteiger partial charge on any atom is 0.228 e. The van der Waals surface area contributed by atoms with Crippen LogP contribution in [0.4, 0.5) is 0 Å². The molecular formula is C12H19N3O2. The highest BCUT2D eigenvalue weighted by Crippen LogP contribution is 2.41. The fourth-order valence-electron chi connectivity index (χ4n) is 2.22. The molecule has 5 heteroatoms. The normalized spacial score (nSPS) is 17.5. The molecule has 17 heavy (non-hydrogen) atoms. The predicted molar refractivity (Wildman–Crippen MR) is 63.4 cm³/mol. The molecule has 0 spiro atoms. The van der Waals surface area contributed by atoms with Gasteiger partial charge in [0.2, 0.25) is 5.91 Å². The lowest BCUT2D eigenvalue weighted by Gasteiger charge is -2.39. The summed E-state index contributed by atoms with van der Waals surface area (Å²) in [7, 11) is 1.65. The fraction of sp³-hybridized carbons (Fsp3) is 0.667. The number of imidazole rings is 1. The first-order chi connectivity index (χ1) is 8.27. The Bertz CT molecular complexity index is 358. The molecule has 94 valence electrons. The molecule has 0 aliphatic heterocycles. The van der Waals surface area contributed by atoms with Crippen LogP contribution in [-0.2, 0) is 16.1 Å². The molecule has 1 amide bonds. The van der Waals surface area contributed by atoms with E-state index in [1.165, 1.54) is 0 Å². The average Bonchev–Trinajstić information content (AvgIpc) is 2.76. The van der Waals surface area contributed by atoms with Crippen molar-refractivity contribution in [1.82, 2.24) is 14.9 Å². The van der Waals surface area contributed by atoms with E-state index < -0.39 is 0 Å². The Balaban J connectivity index is 1.76. The molecule has 0 bridgehead atoms. The van der Waals surface area contributed by atoms with Gasteiger partial charge in [0.1, 0.15) is 0 Å². The predicted octanol–water partition coefficient (Wildman–Crippen LogP) is 0.816. The van der Waals surface area contributed by atoms with E-state index in [9.17, 15) is 4.79 Å². The van der Waals surface area contributed by atoms with Crippen LogP contribution in [0.15, 0.2) is 18.7 Å². The summed E-state index contributed by atoms with van der Waals surface area (Å²) in [5.41, 5.74) is -0.260. The standard InChI is InChI=1S/C12H19N3O2/c1-17-9-12(3-2-4-12)11(16)14-6-8-15-7-5-13-10-15/h5,7,10H,2-4,6,8-9H2,1H3,(H,14,16). The summed E-state index contributed by atoms with van der Waals surface area (Å²) < 4.78 is 7.09. The van der Waals surface area contributed by atoms with E-state index in [0.29, 0.717) is 13.2 Å². The van der Waals surface area contributed by atoms with Gasteiger partial charge < -0.3 is 14.6 Å². The monoisotopic (exact) mass is 237 g/mol. The lowest BCUT2D eigenvalue weighted by molar-refractivity contribution is -0.140. The van der Waals surface area contributed by atoms with Crippen LogP contribution >= 0.6 is 0 Å². The van der Waals surface area contributed by atoms with Gasteiger partial charge in [-0.25, -0.2) is 4.98 Å². The maximum atomic E-state index is 12.0. The molecule has 2 rings (SSSR count). The van der Waals surface area contributed by atoms with Crippen molar-refractivity contribution < 1.29 is 9.53 Å². The first-order valence-electron chi connectivity index (χ1n) is 6.00. The summed E-state index contributed by atoms with van der Waals surface area (Å²) in [6, 6.07) is 0. The van der Waals surface area contributed by atoms with Crippen LogP contribution in [0.2, 0.25) is 0 Å². The largest absolute Gasteiger partial charge is 0.384 e. The molecule has 0 atom stereocenters. The van der Waals surface area contributed by atoms with Gasteiger partial charge in [0.15, 0.2) is 0 Å². The van der Waals surface area contributed by atoms with Gasteiger partial charge in [0, 0.05) is 32.6 Å². The van der Waals surface area contributed by atoms with Crippen LogP contribution in [0.1, 0.15) is 19.3 Å². The zero-order valence-electron chi connectivity index (χ0n) is 10.2. The minimum absolute atomic E-state index is 0.130. The molecule has 0 radical (unpaired) electrons. The number of methoxy groups -OCH3 is 1. The van der Waals surface area contributed by atoms with Gasteiger partial charge in [-0.15, -0.1) is 0 Å². The molecule has 1 heterocycles. The summed E-state index contributed by atoms with van der Waals surface area (Å²) in [4.78, 5) is 16.0. The van der Waals surface area contributed by atoms with E-state index in [4.69, 9.17) is 4.74 Å². The second-order valence-electron chi connectivity index (χ2n) is 4.62. The quantitative estimate of drug-likeness (QED) is 0.796. The molecule has 5 nitrogen and oxygen atoms in total. The van der Waals surface area contributed by atoms with Crippen molar-refractivity contribution in [3.05, 3.63) is 18.7 Å². The lowest BCUT2D eigenvalue weighted by Crippen LogP contribution is -2.49. The Kier molecular flexibility index (Phi) is 3.78. The Morgan fingerprint density at radius 1 is 1.59 bits per heavy atom. The minimum Gasteiger partial charge on any atom is -0.384 e. The average molecular weight is 237 g/mol. The molecule has 0 aromatic carbocycles. The van der Waals surface area contributed by atoms with Crippen molar-refractivity contribution in [2.45, 2.75) is 25.8 Å². The van der Waals surface area contributed by atoms with Crippen LogP contribution in [0, 0.1) is 5.41 Å². The van der Waals surface area contributed by atoms with Gasteiger partial charge in [-0.3, -0.25) is 4.79 Å². The number of nitrogens with one attached hydrogen (secondary N) is 1. The van der Waals surface area contributed by atoms with Crippen LogP contribution in [0.3, 0.4) is 0 Å². The lowest BCUT2D eigenvalue weighted by atomic mass is 9.68. The Hall–Kier alpha value is -1.36. The van der Waals surface area contributed by atoms with E-state index in [2.05, 4.69) is 10.3 Å². The van der Waals surface area contributed by atoms with Gasteiger partial charge in [-0.1, -0.05) is 6.42 Å². The first kappa shape index (κ1) is 12.1. The number of aromatic nitrogens is 2. The fourth-order valence-corrected chi connectivity index (χ4v) is 2.22. The Morgan fingerprint density at radius 3 is 2.94 bits per heavy atom. The third kappa shape index (κ3) is 2.66. The zero-order chi connectivity index (χ0) is 12.1. The molecule has 1 aromatic heterocycles. The van der Waals surface area contributed by atoms with Crippen molar-refractivity contribution >= 4 is 5.91 Å². The number of amides is 1. The van der Waals surface area contributed by atoms with Crippen LogP contribution in [-0.4, -0.2) is 35.7 Å². The van der Waals surface area contributed by atoms with Gasteiger partial charge in [0.25, 0.3) is 0 Å². The van der Waals surface area contributed by atoms with Crippen LogP contribution in [0.5, 0.6) is 0 Å². The third-order valence-electron chi connectivity index (χ3n) is 3.43. The zero-order valence-corrected chi connectivity index (χ0v) is 10.2. The summed E-state index contributed by atoms with van der Waals surface area (Å²) in [5, 5.41) is 2.98. The summed E-state index contributed by atoms with van der Waals surface area (Å²) in [6.45, 7) is 1.93. The van der Waals surface area contributed by atoms with Crippen LogP contribution in [0.25, 0.3) is 0 Å². The number of nitrogens with zero attached hydrogens (tertiary/aromatic N) is 2. The molecule has 1 aliphatic carbocycles. The molecule has 0 unspecified atom stereocenters. The summed E-state index contributed by atoms with van der Waals surface area (Å²) >= 11 is 0.